The summed E-state index contributed by atoms with van der Waals surface area (Å²) in [4.78, 5) is 0. The van der Waals surface area contributed by atoms with Crippen molar-refractivity contribution in [1.82, 2.24) is 5.32 Å². The minimum Gasteiger partial charge on any atom is -0.496 e. The highest BCUT2D eigenvalue weighted by Gasteiger charge is 2.24. The van der Waals surface area contributed by atoms with Crippen LogP contribution in [0.15, 0.2) is 12.1 Å². The maximum absolute atomic E-state index is 10.3. The van der Waals surface area contributed by atoms with Crippen LogP contribution in [-0.4, -0.2) is 25.8 Å². The van der Waals surface area contributed by atoms with Crippen LogP contribution in [0, 0.1) is 0 Å². The van der Waals surface area contributed by atoms with E-state index in [1.165, 1.54) is 5.56 Å². The highest BCUT2D eigenvalue weighted by atomic mass is 16.5. The molecule has 1 aromatic rings. The van der Waals surface area contributed by atoms with Gasteiger partial charge in [0.05, 0.1) is 13.2 Å². The van der Waals surface area contributed by atoms with Crippen molar-refractivity contribution >= 4 is 0 Å². The number of aliphatic hydroxyl groups is 1. The van der Waals surface area contributed by atoms with Crippen LogP contribution in [0.4, 0.5) is 0 Å². The summed E-state index contributed by atoms with van der Waals surface area (Å²) in [5.41, 5.74) is 3.25. The van der Waals surface area contributed by atoms with E-state index in [0.717, 1.165) is 23.3 Å². The number of hydrogen-bond donors (Lipinski definition) is 2. The molecule has 0 bridgehead atoms. The van der Waals surface area contributed by atoms with Gasteiger partial charge in [0.1, 0.15) is 5.75 Å². The number of rotatable bonds is 5. The van der Waals surface area contributed by atoms with Gasteiger partial charge in [-0.05, 0) is 30.5 Å². The molecule has 3 heteroatoms. The van der Waals surface area contributed by atoms with Crippen LogP contribution in [0.1, 0.15) is 50.5 Å². The van der Waals surface area contributed by atoms with Crippen molar-refractivity contribution in [2.24, 2.45) is 0 Å². The molecule has 0 fully saturated rings. The normalized spacial score (nSPS) is 13.4. The molecule has 0 aromatic heterocycles. The van der Waals surface area contributed by atoms with E-state index in [1.54, 1.807) is 7.11 Å². The fraction of sp³-hybridized carbons (Fsp3) is 0.625. The van der Waals surface area contributed by atoms with Crippen molar-refractivity contribution in [3.8, 4) is 5.75 Å². The molecule has 0 heterocycles. The Balaban J connectivity index is 3.43. The van der Waals surface area contributed by atoms with Crippen molar-refractivity contribution in [3.63, 3.8) is 0 Å². The first-order valence-electron chi connectivity index (χ1n) is 6.89. The molecule has 0 amide bonds. The summed E-state index contributed by atoms with van der Waals surface area (Å²) in [6, 6.07) is 4.24. The number of likely N-dealkylation sites (N-methyl/N-ethyl adjacent to an activating group) is 1. The SMILES string of the molecule is CCc1cc(C(O)CNC)c(OC)c(C(C)(C)C)c1. The van der Waals surface area contributed by atoms with Crippen molar-refractivity contribution in [3.05, 3.63) is 28.8 Å². The summed E-state index contributed by atoms with van der Waals surface area (Å²) in [7, 11) is 3.51. The average Bonchev–Trinajstić information content (AvgIpc) is 2.36. The number of ether oxygens (including phenoxy) is 1. The largest absolute Gasteiger partial charge is 0.496 e. The number of hydrogen-bond acceptors (Lipinski definition) is 3. The van der Waals surface area contributed by atoms with E-state index in [9.17, 15) is 5.11 Å². The summed E-state index contributed by atoms with van der Waals surface area (Å²) in [6.07, 6.45) is 0.402. The highest BCUT2D eigenvalue weighted by Crippen LogP contribution is 2.37. The van der Waals surface area contributed by atoms with E-state index >= 15 is 0 Å². The quantitative estimate of drug-likeness (QED) is 0.860. The summed E-state index contributed by atoms with van der Waals surface area (Å²) >= 11 is 0. The van der Waals surface area contributed by atoms with Gasteiger partial charge >= 0.3 is 0 Å². The Morgan fingerprint density at radius 1 is 1.32 bits per heavy atom. The Morgan fingerprint density at radius 3 is 2.37 bits per heavy atom. The van der Waals surface area contributed by atoms with Gasteiger partial charge in [0.15, 0.2) is 0 Å². The first-order chi connectivity index (χ1) is 8.85. The molecule has 0 aliphatic heterocycles. The van der Waals surface area contributed by atoms with Gasteiger partial charge < -0.3 is 15.2 Å². The summed E-state index contributed by atoms with van der Waals surface area (Å²) in [6.45, 7) is 9.14. The Morgan fingerprint density at radius 2 is 1.95 bits per heavy atom. The molecular weight excluding hydrogens is 238 g/mol. The molecule has 0 saturated heterocycles. The predicted molar refractivity (Wildman–Crippen MR) is 80.0 cm³/mol. The second-order valence-electron chi connectivity index (χ2n) is 5.94. The lowest BCUT2D eigenvalue weighted by molar-refractivity contribution is 0.173. The fourth-order valence-electron chi connectivity index (χ4n) is 2.25. The van der Waals surface area contributed by atoms with Crippen LogP contribution in [0.2, 0.25) is 0 Å². The highest BCUT2D eigenvalue weighted by molar-refractivity contribution is 5.49. The molecule has 1 unspecified atom stereocenters. The zero-order valence-corrected chi connectivity index (χ0v) is 13.0. The van der Waals surface area contributed by atoms with Crippen LogP contribution in [0.25, 0.3) is 0 Å². The third-order valence-electron chi connectivity index (χ3n) is 3.35. The predicted octanol–water partition coefficient (Wildman–Crippen LogP) is 2.81. The van der Waals surface area contributed by atoms with Gasteiger partial charge in [0.25, 0.3) is 0 Å². The third kappa shape index (κ3) is 3.71. The molecule has 0 spiro atoms. The van der Waals surface area contributed by atoms with Crippen LogP contribution in [0.5, 0.6) is 5.75 Å². The molecule has 0 saturated carbocycles. The van der Waals surface area contributed by atoms with Gasteiger partial charge in [-0.25, -0.2) is 0 Å². The second-order valence-corrected chi connectivity index (χ2v) is 5.94. The first kappa shape index (κ1) is 16.0. The lowest BCUT2D eigenvalue weighted by Gasteiger charge is -2.26. The molecule has 0 radical (unpaired) electrons. The van der Waals surface area contributed by atoms with Gasteiger partial charge in [-0.1, -0.05) is 33.8 Å². The summed E-state index contributed by atoms with van der Waals surface area (Å²) in [5.74, 6) is 0.812. The number of methoxy groups -OCH3 is 1. The first-order valence-corrected chi connectivity index (χ1v) is 6.89. The Hall–Kier alpha value is -1.06. The van der Waals surface area contributed by atoms with E-state index in [1.807, 2.05) is 7.05 Å². The minimum absolute atomic E-state index is 0.00929. The van der Waals surface area contributed by atoms with Gasteiger partial charge in [-0.3, -0.25) is 0 Å². The Bertz CT molecular complexity index is 421. The minimum atomic E-state index is -0.549. The lowest BCUT2D eigenvalue weighted by Crippen LogP contribution is -2.20. The zero-order chi connectivity index (χ0) is 14.6. The van der Waals surface area contributed by atoms with Crippen molar-refractivity contribution in [1.29, 1.82) is 0 Å². The monoisotopic (exact) mass is 265 g/mol. The molecule has 0 aliphatic carbocycles. The molecular formula is C16H27NO2. The maximum Gasteiger partial charge on any atom is 0.128 e. The van der Waals surface area contributed by atoms with Gasteiger partial charge in [0.2, 0.25) is 0 Å². The summed E-state index contributed by atoms with van der Waals surface area (Å²) in [5, 5.41) is 13.3. The standard InChI is InChI=1S/C16H27NO2/c1-7-11-8-12(14(18)10-17-5)15(19-6)13(9-11)16(2,3)4/h8-9,14,17-18H,7,10H2,1-6H3. The van der Waals surface area contributed by atoms with Crippen molar-refractivity contribution in [2.75, 3.05) is 20.7 Å². The molecule has 0 aliphatic rings. The Labute approximate surface area is 117 Å². The van der Waals surface area contributed by atoms with Crippen LogP contribution in [0.3, 0.4) is 0 Å². The second kappa shape index (κ2) is 6.40. The molecule has 1 atom stereocenters. The molecule has 19 heavy (non-hydrogen) atoms. The number of aliphatic hydroxyl groups excluding tert-OH is 1. The van der Waals surface area contributed by atoms with E-state index in [-0.39, 0.29) is 5.41 Å². The molecule has 3 nitrogen and oxygen atoms in total. The molecule has 108 valence electrons. The van der Waals surface area contributed by atoms with E-state index in [4.69, 9.17) is 4.74 Å². The van der Waals surface area contributed by atoms with Crippen LogP contribution in [-0.2, 0) is 11.8 Å². The topological polar surface area (TPSA) is 41.5 Å². The van der Waals surface area contributed by atoms with Crippen LogP contribution >= 0.6 is 0 Å². The summed E-state index contributed by atoms with van der Waals surface area (Å²) < 4.78 is 5.58. The zero-order valence-electron chi connectivity index (χ0n) is 13.0. The number of benzene rings is 1. The number of nitrogens with one attached hydrogen (secondary N) is 1. The van der Waals surface area contributed by atoms with Crippen molar-refractivity contribution < 1.29 is 9.84 Å². The molecule has 2 N–H and O–H groups in total. The number of aryl methyl sites for hydroxylation is 1. The van der Waals surface area contributed by atoms with E-state index in [2.05, 4.69) is 45.1 Å². The average molecular weight is 265 g/mol. The fourth-order valence-corrected chi connectivity index (χ4v) is 2.25. The Kier molecular flexibility index (Phi) is 5.39. The van der Waals surface area contributed by atoms with Gasteiger partial charge in [-0.15, -0.1) is 0 Å². The van der Waals surface area contributed by atoms with Gasteiger partial charge in [0, 0.05) is 17.7 Å². The third-order valence-corrected chi connectivity index (χ3v) is 3.35. The lowest BCUT2D eigenvalue weighted by atomic mass is 9.83. The van der Waals surface area contributed by atoms with Gasteiger partial charge in [-0.2, -0.15) is 0 Å². The van der Waals surface area contributed by atoms with E-state index < -0.39 is 6.10 Å². The van der Waals surface area contributed by atoms with E-state index in [0.29, 0.717) is 6.54 Å². The van der Waals surface area contributed by atoms with Crippen molar-refractivity contribution in [2.45, 2.75) is 45.6 Å². The smallest absolute Gasteiger partial charge is 0.128 e. The molecule has 1 aromatic carbocycles. The molecule has 1 rings (SSSR count). The van der Waals surface area contributed by atoms with Crippen LogP contribution < -0.4 is 10.1 Å². The maximum atomic E-state index is 10.3.